The van der Waals surface area contributed by atoms with E-state index in [-0.39, 0.29) is 0 Å². The Labute approximate surface area is 140 Å². The molecular formula is C20H33Br. The molecule has 0 heterocycles. The van der Waals surface area contributed by atoms with Crippen LogP contribution in [-0.4, -0.2) is 0 Å². The zero-order valence-electron chi connectivity index (χ0n) is 14.7. The average molecular weight is 353 g/mol. The van der Waals surface area contributed by atoms with E-state index in [0.29, 0.717) is 16.7 Å². The van der Waals surface area contributed by atoms with Gasteiger partial charge in [-0.05, 0) is 47.3 Å². The van der Waals surface area contributed by atoms with Crippen molar-refractivity contribution in [1.29, 1.82) is 0 Å². The van der Waals surface area contributed by atoms with Crippen molar-refractivity contribution in [3.05, 3.63) is 34.9 Å². The van der Waals surface area contributed by atoms with Gasteiger partial charge in [-0.2, -0.15) is 0 Å². The molecule has 21 heavy (non-hydrogen) atoms. The summed E-state index contributed by atoms with van der Waals surface area (Å²) >= 11 is 4.04. The molecule has 0 aliphatic heterocycles. The van der Waals surface area contributed by atoms with Crippen LogP contribution in [0.1, 0.15) is 101 Å². The van der Waals surface area contributed by atoms with E-state index in [1.165, 1.54) is 42.4 Å². The smallest absolute Gasteiger partial charge is 0.0426 e. The number of benzene rings is 1. The molecule has 0 bridgehead atoms. The lowest BCUT2D eigenvalue weighted by Crippen LogP contribution is -2.11. The van der Waals surface area contributed by atoms with Crippen LogP contribution in [-0.2, 0) is 0 Å². The molecule has 0 saturated carbocycles. The highest BCUT2D eigenvalue weighted by molar-refractivity contribution is 9.09. The van der Waals surface area contributed by atoms with Crippen LogP contribution < -0.4 is 0 Å². The van der Waals surface area contributed by atoms with Crippen LogP contribution in [0.2, 0.25) is 0 Å². The predicted octanol–water partition coefficient (Wildman–Crippen LogP) is 7.59. The highest BCUT2D eigenvalue weighted by Crippen LogP contribution is 2.40. The summed E-state index contributed by atoms with van der Waals surface area (Å²) < 4.78 is 0. The summed E-state index contributed by atoms with van der Waals surface area (Å²) in [5.41, 5.74) is 4.51. The summed E-state index contributed by atoms with van der Waals surface area (Å²) in [4.78, 5) is 0.496. The maximum atomic E-state index is 4.04. The van der Waals surface area contributed by atoms with Crippen LogP contribution >= 0.6 is 15.9 Å². The molecule has 1 unspecified atom stereocenters. The van der Waals surface area contributed by atoms with Crippen molar-refractivity contribution < 1.29 is 0 Å². The van der Waals surface area contributed by atoms with Gasteiger partial charge in [-0.1, -0.05) is 88.5 Å². The molecule has 0 amide bonds. The van der Waals surface area contributed by atoms with Gasteiger partial charge in [0, 0.05) is 4.83 Å². The van der Waals surface area contributed by atoms with Gasteiger partial charge in [-0.25, -0.2) is 0 Å². The molecule has 0 aliphatic rings. The summed E-state index contributed by atoms with van der Waals surface area (Å²) in [5.74, 6) is 1.94. The predicted molar refractivity (Wildman–Crippen MR) is 99.6 cm³/mol. The maximum Gasteiger partial charge on any atom is 0.0426 e. The second-order valence-corrected chi connectivity index (χ2v) is 7.92. The van der Waals surface area contributed by atoms with Crippen molar-refractivity contribution in [2.45, 2.75) is 83.9 Å². The fourth-order valence-electron chi connectivity index (χ4n) is 3.14. The summed E-state index contributed by atoms with van der Waals surface area (Å²) in [6.07, 6.45) is 5.17. The number of hydrogen-bond donors (Lipinski definition) is 0. The number of hydrogen-bond acceptors (Lipinski definition) is 0. The molecule has 0 saturated heterocycles. The minimum Gasteiger partial charge on any atom is -0.0836 e. The van der Waals surface area contributed by atoms with Crippen molar-refractivity contribution in [2.75, 3.05) is 0 Å². The topological polar surface area (TPSA) is 0 Å². The highest BCUT2D eigenvalue weighted by Gasteiger charge is 2.23. The number of alkyl halides is 1. The SMILES string of the molecule is CCCC(CCC)C(Br)c1ccc(C(C)C)cc1C(C)C. The van der Waals surface area contributed by atoms with Crippen molar-refractivity contribution in [3.8, 4) is 0 Å². The zero-order chi connectivity index (χ0) is 16.0. The lowest BCUT2D eigenvalue weighted by atomic mass is 9.84. The molecule has 1 heteroatoms. The normalized spacial score (nSPS) is 13.4. The first-order chi connectivity index (χ1) is 9.92. The lowest BCUT2D eigenvalue weighted by molar-refractivity contribution is 0.433. The molecule has 1 aromatic carbocycles. The van der Waals surface area contributed by atoms with Gasteiger partial charge >= 0.3 is 0 Å². The van der Waals surface area contributed by atoms with E-state index in [2.05, 4.69) is 75.7 Å². The fourth-order valence-corrected chi connectivity index (χ4v) is 4.08. The highest BCUT2D eigenvalue weighted by atomic mass is 79.9. The molecule has 0 radical (unpaired) electrons. The molecule has 0 N–H and O–H groups in total. The van der Waals surface area contributed by atoms with E-state index in [9.17, 15) is 0 Å². The van der Waals surface area contributed by atoms with Crippen LogP contribution in [0.25, 0.3) is 0 Å². The van der Waals surface area contributed by atoms with E-state index < -0.39 is 0 Å². The van der Waals surface area contributed by atoms with Crippen molar-refractivity contribution in [2.24, 2.45) is 5.92 Å². The Hall–Kier alpha value is -0.300. The molecule has 1 atom stereocenters. The van der Waals surface area contributed by atoms with Gasteiger partial charge in [0.05, 0.1) is 0 Å². The van der Waals surface area contributed by atoms with Crippen LogP contribution in [0.4, 0.5) is 0 Å². The Morgan fingerprint density at radius 2 is 1.43 bits per heavy atom. The monoisotopic (exact) mass is 352 g/mol. The first-order valence-electron chi connectivity index (χ1n) is 8.70. The number of rotatable bonds is 8. The molecule has 1 aromatic rings. The van der Waals surface area contributed by atoms with Crippen LogP contribution in [0.15, 0.2) is 18.2 Å². The molecule has 0 spiro atoms. The standard InChI is InChI=1S/C20H33Br/c1-7-9-16(10-8-2)20(21)18-12-11-17(14(3)4)13-19(18)15(5)6/h11-16,20H,7-10H2,1-6H3. The van der Waals surface area contributed by atoms with E-state index >= 15 is 0 Å². The second-order valence-electron chi connectivity index (χ2n) is 6.94. The molecule has 0 nitrogen and oxygen atoms in total. The summed E-state index contributed by atoms with van der Waals surface area (Å²) in [7, 11) is 0. The fraction of sp³-hybridized carbons (Fsp3) is 0.700. The molecule has 1 rings (SSSR count). The van der Waals surface area contributed by atoms with Gasteiger partial charge in [0.1, 0.15) is 0 Å². The third kappa shape index (κ3) is 5.13. The van der Waals surface area contributed by atoms with Crippen LogP contribution in [0.3, 0.4) is 0 Å². The Balaban J connectivity index is 3.14. The van der Waals surface area contributed by atoms with E-state index in [1.807, 2.05) is 0 Å². The average Bonchev–Trinajstić information content (AvgIpc) is 2.45. The van der Waals surface area contributed by atoms with E-state index in [4.69, 9.17) is 0 Å². The van der Waals surface area contributed by atoms with Crippen molar-refractivity contribution >= 4 is 15.9 Å². The first-order valence-corrected chi connectivity index (χ1v) is 9.61. The van der Waals surface area contributed by atoms with Gasteiger partial charge in [-0.3, -0.25) is 0 Å². The molecule has 0 aliphatic carbocycles. The summed E-state index contributed by atoms with van der Waals surface area (Å²) in [6, 6.07) is 7.14. The Kier molecular flexibility index (Phi) is 8.02. The second kappa shape index (κ2) is 8.98. The van der Waals surface area contributed by atoms with Gasteiger partial charge < -0.3 is 0 Å². The van der Waals surface area contributed by atoms with Crippen molar-refractivity contribution in [1.82, 2.24) is 0 Å². The summed E-state index contributed by atoms with van der Waals surface area (Å²) in [6.45, 7) is 13.8. The Bertz CT molecular complexity index is 414. The minimum absolute atomic E-state index is 0.496. The van der Waals surface area contributed by atoms with Gasteiger partial charge in [-0.15, -0.1) is 0 Å². The first kappa shape index (κ1) is 18.7. The quantitative estimate of drug-likeness (QED) is 0.422. The van der Waals surface area contributed by atoms with Gasteiger partial charge in [0.15, 0.2) is 0 Å². The summed E-state index contributed by atoms with van der Waals surface area (Å²) in [5, 5.41) is 0. The van der Waals surface area contributed by atoms with Crippen LogP contribution in [0.5, 0.6) is 0 Å². The Morgan fingerprint density at radius 3 is 1.86 bits per heavy atom. The largest absolute Gasteiger partial charge is 0.0836 e. The van der Waals surface area contributed by atoms with E-state index in [1.54, 1.807) is 0 Å². The van der Waals surface area contributed by atoms with E-state index in [0.717, 1.165) is 5.92 Å². The molecule has 120 valence electrons. The lowest BCUT2D eigenvalue weighted by Gasteiger charge is -2.26. The number of halogens is 1. The van der Waals surface area contributed by atoms with Crippen LogP contribution in [0, 0.1) is 5.92 Å². The van der Waals surface area contributed by atoms with Gasteiger partial charge in [0.25, 0.3) is 0 Å². The maximum absolute atomic E-state index is 4.04. The third-order valence-electron chi connectivity index (χ3n) is 4.43. The van der Waals surface area contributed by atoms with Crippen molar-refractivity contribution in [3.63, 3.8) is 0 Å². The Morgan fingerprint density at radius 1 is 0.857 bits per heavy atom. The zero-order valence-corrected chi connectivity index (χ0v) is 16.3. The third-order valence-corrected chi connectivity index (χ3v) is 5.67. The minimum atomic E-state index is 0.496. The molecular weight excluding hydrogens is 320 g/mol. The molecule has 0 aromatic heterocycles. The van der Waals surface area contributed by atoms with Gasteiger partial charge in [0.2, 0.25) is 0 Å². The molecule has 0 fully saturated rings.